The Kier molecular flexibility index (Phi) is 5.06. The molecule has 154 valence electrons. The highest BCUT2D eigenvalue weighted by atomic mass is 16.5. The maximum absolute atomic E-state index is 6.27. The smallest absolute Gasteiger partial charge is 0.168 e. The molecule has 1 aliphatic rings. The highest BCUT2D eigenvalue weighted by molar-refractivity contribution is 5.82. The third kappa shape index (κ3) is 3.61. The third-order valence-corrected chi connectivity index (χ3v) is 5.47. The van der Waals surface area contributed by atoms with E-state index in [1.807, 2.05) is 35.0 Å². The molecule has 0 aliphatic carbocycles. The van der Waals surface area contributed by atoms with Crippen LogP contribution in [0.1, 0.15) is 30.0 Å². The van der Waals surface area contributed by atoms with E-state index >= 15 is 0 Å². The van der Waals surface area contributed by atoms with Gasteiger partial charge in [0, 0.05) is 25.3 Å². The molecule has 8 heteroatoms. The molecule has 0 amide bonds. The highest BCUT2D eigenvalue weighted by Crippen LogP contribution is 2.36. The maximum atomic E-state index is 6.27. The van der Waals surface area contributed by atoms with Gasteiger partial charge in [-0.05, 0) is 36.6 Å². The summed E-state index contributed by atoms with van der Waals surface area (Å²) in [6.45, 7) is 2.14. The maximum Gasteiger partial charge on any atom is 0.168 e. The first-order valence-corrected chi connectivity index (χ1v) is 10.0. The molecular formula is C22H23N5O3. The lowest BCUT2D eigenvalue weighted by Gasteiger charge is -2.21. The van der Waals surface area contributed by atoms with Gasteiger partial charge in [-0.25, -0.2) is 9.67 Å². The van der Waals surface area contributed by atoms with Gasteiger partial charge in [-0.1, -0.05) is 12.1 Å². The fourth-order valence-electron chi connectivity index (χ4n) is 3.83. The van der Waals surface area contributed by atoms with Crippen LogP contribution in [0.3, 0.4) is 0 Å². The van der Waals surface area contributed by atoms with Crippen molar-refractivity contribution in [2.24, 2.45) is 0 Å². The molecule has 0 bridgehead atoms. The van der Waals surface area contributed by atoms with Crippen molar-refractivity contribution in [3.8, 4) is 17.2 Å². The summed E-state index contributed by atoms with van der Waals surface area (Å²) in [4.78, 5) is 4.53. The van der Waals surface area contributed by atoms with E-state index in [1.165, 1.54) is 0 Å². The lowest BCUT2D eigenvalue weighted by molar-refractivity contribution is 0.0841. The van der Waals surface area contributed by atoms with Crippen molar-refractivity contribution in [2.45, 2.75) is 25.3 Å². The van der Waals surface area contributed by atoms with Gasteiger partial charge < -0.3 is 14.2 Å². The Morgan fingerprint density at radius 3 is 2.73 bits per heavy atom. The van der Waals surface area contributed by atoms with E-state index in [9.17, 15) is 0 Å². The van der Waals surface area contributed by atoms with Crippen LogP contribution in [0.4, 0.5) is 0 Å². The van der Waals surface area contributed by atoms with Crippen molar-refractivity contribution in [1.29, 1.82) is 0 Å². The fraction of sp³-hybridized carbons (Fsp3) is 0.318. The van der Waals surface area contributed by atoms with Crippen LogP contribution >= 0.6 is 0 Å². The lowest BCUT2D eigenvalue weighted by Crippen LogP contribution is -2.14. The van der Waals surface area contributed by atoms with Crippen molar-refractivity contribution < 1.29 is 14.2 Å². The Labute approximate surface area is 173 Å². The molecule has 1 fully saturated rings. The van der Waals surface area contributed by atoms with Gasteiger partial charge >= 0.3 is 0 Å². The summed E-state index contributed by atoms with van der Waals surface area (Å²) < 4.78 is 18.8. The molecule has 1 aromatic carbocycles. The summed E-state index contributed by atoms with van der Waals surface area (Å²) in [5, 5.41) is 12.7. The van der Waals surface area contributed by atoms with E-state index in [0.29, 0.717) is 12.5 Å². The van der Waals surface area contributed by atoms with Gasteiger partial charge in [-0.2, -0.15) is 10.2 Å². The van der Waals surface area contributed by atoms with E-state index < -0.39 is 0 Å². The first-order chi connectivity index (χ1) is 14.8. The van der Waals surface area contributed by atoms with Gasteiger partial charge in [-0.15, -0.1) is 0 Å². The predicted molar refractivity (Wildman–Crippen MR) is 111 cm³/mol. The second kappa shape index (κ2) is 8.16. The molecule has 8 nitrogen and oxygen atoms in total. The van der Waals surface area contributed by atoms with E-state index in [1.54, 1.807) is 25.7 Å². The van der Waals surface area contributed by atoms with Crippen LogP contribution in [0, 0.1) is 0 Å². The summed E-state index contributed by atoms with van der Waals surface area (Å²) in [7, 11) is 1.66. The summed E-state index contributed by atoms with van der Waals surface area (Å²) >= 11 is 0. The largest absolute Gasteiger partial charge is 0.497 e. The molecule has 0 spiro atoms. The van der Waals surface area contributed by atoms with Gasteiger partial charge in [-0.3, -0.25) is 5.10 Å². The summed E-state index contributed by atoms with van der Waals surface area (Å²) in [5.74, 6) is 2.66. The molecule has 3 aromatic heterocycles. The molecule has 0 unspecified atom stereocenters. The van der Waals surface area contributed by atoms with Crippen molar-refractivity contribution >= 4 is 11.0 Å². The molecular weight excluding hydrogens is 382 g/mol. The average Bonchev–Trinajstić information content (AvgIpc) is 3.43. The predicted octanol–water partition coefficient (Wildman–Crippen LogP) is 3.90. The molecule has 5 rings (SSSR count). The number of nitrogens with zero attached hydrogens (tertiary/aromatic N) is 4. The van der Waals surface area contributed by atoms with Crippen LogP contribution in [0.5, 0.6) is 17.2 Å². The Bertz CT molecular complexity index is 1130. The summed E-state index contributed by atoms with van der Waals surface area (Å²) in [6, 6.07) is 9.80. The minimum Gasteiger partial charge on any atom is -0.497 e. The zero-order valence-corrected chi connectivity index (χ0v) is 16.7. The van der Waals surface area contributed by atoms with Crippen molar-refractivity contribution in [2.75, 3.05) is 20.3 Å². The Morgan fingerprint density at radius 1 is 1.10 bits per heavy atom. The molecule has 1 saturated heterocycles. The van der Waals surface area contributed by atoms with Crippen LogP contribution in [0.2, 0.25) is 0 Å². The fourth-order valence-corrected chi connectivity index (χ4v) is 3.83. The highest BCUT2D eigenvalue weighted by Gasteiger charge is 2.22. The van der Waals surface area contributed by atoms with Gasteiger partial charge in [0.15, 0.2) is 11.4 Å². The molecule has 4 heterocycles. The molecule has 0 atom stereocenters. The number of methoxy groups -OCH3 is 1. The van der Waals surface area contributed by atoms with Crippen molar-refractivity contribution in [3.05, 3.63) is 60.2 Å². The first-order valence-electron chi connectivity index (χ1n) is 10.0. The van der Waals surface area contributed by atoms with Gasteiger partial charge in [0.1, 0.15) is 11.5 Å². The standard InChI is InChI=1S/C22H23N5O3/c1-28-17-4-2-15(3-5-17)14-27-22-18(12-25-27)19(6-9-23-22)30-20-13-24-26-21(20)16-7-10-29-11-8-16/h2-6,9,12-13,16H,7-8,10-11,14H2,1H3,(H,24,26). The van der Waals surface area contributed by atoms with Crippen LogP contribution in [0.15, 0.2) is 48.9 Å². The van der Waals surface area contributed by atoms with E-state index in [2.05, 4.69) is 20.3 Å². The van der Waals surface area contributed by atoms with Gasteiger partial charge in [0.2, 0.25) is 0 Å². The number of rotatable bonds is 6. The van der Waals surface area contributed by atoms with Crippen molar-refractivity contribution in [3.63, 3.8) is 0 Å². The van der Waals surface area contributed by atoms with Crippen LogP contribution in [-0.2, 0) is 11.3 Å². The normalized spacial score (nSPS) is 14.8. The molecule has 30 heavy (non-hydrogen) atoms. The van der Waals surface area contributed by atoms with Crippen LogP contribution in [-0.4, -0.2) is 45.3 Å². The molecule has 0 saturated carbocycles. The first kappa shape index (κ1) is 18.6. The van der Waals surface area contributed by atoms with Crippen molar-refractivity contribution in [1.82, 2.24) is 25.0 Å². The van der Waals surface area contributed by atoms with Gasteiger partial charge in [0.05, 0.1) is 37.1 Å². The SMILES string of the molecule is COc1ccc(Cn2ncc3c(Oc4cn[nH]c4C4CCOCC4)ccnc32)cc1. The Morgan fingerprint density at radius 2 is 1.93 bits per heavy atom. The second-order valence-corrected chi connectivity index (χ2v) is 7.33. The topological polar surface area (TPSA) is 87.1 Å². The molecule has 4 aromatic rings. The van der Waals surface area contributed by atoms with Crippen LogP contribution in [0.25, 0.3) is 11.0 Å². The molecule has 0 radical (unpaired) electrons. The Balaban J connectivity index is 1.41. The summed E-state index contributed by atoms with van der Waals surface area (Å²) in [6.07, 6.45) is 7.21. The molecule has 1 N–H and O–H groups in total. The van der Waals surface area contributed by atoms with E-state index in [0.717, 1.165) is 65.6 Å². The van der Waals surface area contributed by atoms with Gasteiger partial charge in [0.25, 0.3) is 0 Å². The number of pyridine rings is 1. The number of H-pyrrole nitrogens is 1. The van der Waals surface area contributed by atoms with E-state index in [-0.39, 0.29) is 0 Å². The monoisotopic (exact) mass is 405 g/mol. The van der Waals surface area contributed by atoms with Crippen LogP contribution < -0.4 is 9.47 Å². The lowest BCUT2D eigenvalue weighted by atomic mass is 9.96. The number of aromatic nitrogens is 5. The number of aromatic amines is 1. The minimum absolute atomic E-state index is 0.367. The molecule has 1 aliphatic heterocycles. The number of fused-ring (bicyclic) bond motifs is 1. The average molecular weight is 405 g/mol. The number of nitrogens with one attached hydrogen (secondary N) is 1. The Hall–Kier alpha value is -3.39. The number of hydrogen-bond donors (Lipinski definition) is 1. The number of ether oxygens (including phenoxy) is 3. The quantitative estimate of drug-likeness (QED) is 0.524. The zero-order valence-electron chi connectivity index (χ0n) is 16.7. The second-order valence-electron chi connectivity index (χ2n) is 7.33. The summed E-state index contributed by atoms with van der Waals surface area (Å²) in [5.41, 5.74) is 2.92. The zero-order chi connectivity index (χ0) is 20.3. The number of benzene rings is 1. The third-order valence-electron chi connectivity index (χ3n) is 5.47. The van der Waals surface area contributed by atoms with E-state index in [4.69, 9.17) is 14.2 Å². The minimum atomic E-state index is 0.367. The number of hydrogen-bond acceptors (Lipinski definition) is 6.